The quantitative estimate of drug-likeness (QED) is 0.762. The lowest BCUT2D eigenvalue weighted by Gasteiger charge is -2.34. The minimum absolute atomic E-state index is 0.166. The van der Waals surface area contributed by atoms with Crippen molar-refractivity contribution in [3.8, 4) is 0 Å². The van der Waals surface area contributed by atoms with Crippen molar-refractivity contribution in [3.63, 3.8) is 0 Å². The van der Waals surface area contributed by atoms with E-state index in [1.165, 1.54) is 12.8 Å². The molecule has 0 amide bonds. The van der Waals surface area contributed by atoms with Crippen molar-refractivity contribution in [2.24, 2.45) is 0 Å². The monoisotopic (exact) mass is 261 g/mol. The summed E-state index contributed by atoms with van der Waals surface area (Å²) in [4.78, 5) is 0. The number of methoxy groups -OCH3 is 1. The molecule has 3 nitrogen and oxygen atoms in total. The van der Waals surface area contributed by atoms with Crippen LogP contribution in [0.4, 0.5) is 0 Å². The van der Waals surface area contributed by atoms with Gasteiger partial charge in [-0.3, -0.25) is 4.21 Å². The highest BCUT2D eigenvalue weighted by Gasteiger charge is 2.32. The molecule has 1 N–H and O–H groups in total. The van der Waals surface area contributed by atoms with Crippen LogP contribution in [0.5, 0.6) is 0 Å². The predicted molar refractivity (Wildman–Crippen MR) is 73.8 cm³/mol. The molecule has 1 aliphatic carbocycles. The molecule has 1 aliphatic rings. The summed E-state index contributed by atoms with van der Waals surface area (Å²) in [7, 11) is 1.01. The van der Waals surface area contributed by atoms with Gasteiger partial charge in [0.05, 0.1) is 5.60 Å². The van der Waals surface area contributed by atoms with Crippen LogP contribution in [-0.4, -0.2) is 40.5 Å². The standard InChI is InChI=1S/C13H27NO2S/c1-5-14-12(13(2,3)16-4)10-17(15)11-8-6-7-9-11/h11-12,14H,5-10H2,1-4H3. The fraction of sp³-hybridized carbons (Fsp3) is 1.00. The van der Waals surface area contributed by atoms with E-state index >= 15 is 0 Å². The van der Waals surface area contributed by atoms with Crippen molar-refractivity contribution >= 4 is 10.8 Å². The van der Waals surface area contributed by atoms with E-state index in [1.807, 2.05) is 0 Å². The average molecular weight is 261 g/mol. The van der Waals surface area contributed by atoms with Crippen molar-refractivity contribution in [2.75, 3.05) is 19.4 Å². The molecule has 1 saturated carbocycles. The first-order valence-electron chi connectivity index (χ1n) is 6.67. The summed E-state index contributed by atoms with van der Waals surface area (Å²) in [5.41, 5.74) is -0.260. The summed E-state index contributed by atoms with van der Waals surface area (Å²) in [5.74, 6) is 0.708. The highest BCUT2D eigenvalue weighted by Crippen LogP contribution is 2.25. The third-order valence-corrected chi connectivity index (χ3v) is 5.70. The van der Waals surface area contributed by atoms with Crippen LogP contribution in [0, 0.1) is 0 Å². The molecule has 0 radical (unpaired) electrons. The third-order valence-electron chi connectivity index (χ3n) is 3.82. The second-order valence-electron chi connectivity index (χ2n) is 5.37. The van der Waals surface area contributed by atoms with Gasteiger partial charge in [0.2, 0.25) is 0 Å². The van der Waals surface area contributed by atoms with Gasteiger partial charge in [0, 0.05) is 35.0 Å². The van der Waals surface area contributed by atoms with Gasteiger partial charge in [0.25, 0.3) is 0 Å². The number of hydrogen-bond acceptors (Lipinski definition) is 3. The molecule has 0 saturated heterocycles. The molecule has 0 spiro atoms. The first-order chi connectivity index (χ1) is 8.01. The van der Waals surface area contributed by atoms with E-state index in [4.69, 9.17) is 4.74 Å². The number of nitrogens with one attached hydrogen (secondary N) is 1. The van der Waals surface area contributed by atoms with Crippen molar-refractivity contribution in [2.45, 2.75) is 63.3 Å². The number of likely N-dealkylation sites (N-methyl/N-ethyl adjacent to an activating group) is 1. The molecule has 17 heavy (non-hydrogen) atoms. The molecule has 0 aromatic heterocycles. The Kier molecular flexibility index (Phi) is 6.10. The summed E-state index contributed by atoms with van der Waals surface area (Å²) in [6.07, 6.45) is 4.77. The molecule has 0 bridgehead atoms. The lowest BCUT2D eigenvalue weighted by atomic mass is 10.0. The van der Waals surface area contributed by atoms with E-state index in [-0.39, 0.29) is 11.6 Å². The Bertz CT molecular complexity index is 250. The molecule has 0 aliphatic heterocycles. The Labute approximate surface area is 108 Å². The molecule has 0 aromatic rings. The average Bonchev–Trinajstić information content (AvgIpc) is 2.81. The maximum atomic E-state index is 12.3. The van der Waals surface area contributed by atoms with Gasteiger partial charge in [-0.25, -0.2) is 0 Å². The number of hydrogen-bond donors (Lipinski definition) is 1. The maximum absolute atomic E-state index is 12.3. The number of rotatable bonds is 7. The van der Waals surface area contributed by atoms with Gasteiger partial charge in [-0.2, -0.15) is 0 Å². The fourth-order valence-electron chi connectivity index (χ4n) is 2.35. The molecule has 2 unspecified atom stereocenters. The van der Waals surface area contributed by atoms with Crippen molar-refractivity contribution < 1.29 is 8.95 Å². The highest BCUT2D eigenvalue weighted by atomic mass is 32.2. The lowest BCUT2D eigenvalue weighted by molar-refractivity contribution is -0.00336. The third kappa shape index (κ3) is 4.34. The van der Waals surface area contributed by atoms with Crippen molar-refractivity contribution in [1.82, 2.24) is 5.32 Å². The van der Waals surface area contributed by atoms with Gasteiger partial charge >= 0.3 is 0 Å². The van der Waals surface area contributed by atoms with Gasteiger partial charge in [0.15, 0.2) is 0 Å². The number of ether oxygens (including phenoxy) is 1. The zero-order chi connectivity index (χ0) is 12.9. The fourth-order valence-corrected chi connectivity index (χ4v) is 4.32. The predicted octanol–water partition coefficient (Wildman–Crippen LogP) is 2.08. The first-order valence-corrected chi connectivity index (χ1v) is 8.05. The maximum Gasteiger partial charge on any atom is 0.0784 e. The zero-order valence-corrected chi connectivity index (χ0v) is 12.4. The van der Waals surface area contributed by atoms with Crippen LogP contribution in [0.2, 0.25) is 0 Å². The van der Waals surface area contributed by atoms with Crippen LogP contribution in [0.3, 0.4) is 0 Å². The normalized spacial score (nSPS) is 21.6. The van der Waals surface area contributed by atoms with E-state index in [0.29, 0.717) is 11.0 Å². The summed E-state index contributed by atoms with van der Waals surface area (Å²) in [6, 6.07) is 0.166. The van der Waals surface area contributed by atoms with Gasteiger partial charge in [-0.15, -0.1) is 0 Å². The summed E-state index contributed by atoms with van der Waals surface area (Å²) < 4.78 is 17.8. The van der Waals surface area contributed by atoms with E-state index in [0.717, 1.165) is 19.4 Å². The van der Waals surface area contributed by atoms with Crippen LogP contribution in [0.25, 0.3) is 0 Å². The molecule has 0 heterocycles. The van der Waals surface area contributed by atoms with Crippen molar-refractivity contribution in [1.29, 1.82) is 0 Å². The largest absolute Gasteiger partial charge is 0.377 e. The van der Waals surface area contributed by atoms with Crippen LogP contribution < -0.4 is 5.32 Å². The van der Waals surface area contributed by atoms with E-state index in [2.05, 4.69) is 26.1 Å². The molecule has 4 heteroatoms. The minimum atomic E-state index is -0.717. The SMILES string of the molecule is CCNC(CS(=O)C1CCCC1)C(C)(C)OC. The van der Waals surface area contributed by atoms with Crippen LogP contribution >= 0.6 is 0 Å². The topological polar surface area (TPSA) is 38.3 Å². The summed E-state index contributed by atoms with van der Waals surface area (Å²) >= 11 is 0. The lowest BCUT2D eigenvalue weighted by Crippen LogP contribution is -2.51. The second kappa shape index (κ2) is 6.86. The minimum Gasteiger partial charge on any atom is -0.377 e. The highest BCUT2D eigenvalue weighted by molar-refractivity contribution is 7.85. The Balaban J connectivity index is 2.56. The summed E-state index contributed by atoms with van der Waals surface area (Å²) in [6.45, 7) is 7.09. The Morgan fingerprint density at radius 2 is 2.00 bits per heavy atom. The molecule has 2 atom stereocenters. The second-order valence-corrected chi connectivity index (χ2v) is 7.13. The van der Waals surface area contributed by atoms with Gasteiger partial charge < -0.3 is 10.1 Å². The van der Waals surface area contributed by atoms with E-state index < -0.39 is 10.8 Å². The Morgan fingerprint density at radius 3 is 2.47 bits per heavy atom. The van der Waals surface area contributed by atoms with E-state index in [9.17, 15) is 4.21 Å². The van der Waals surface area contributed by atoms with Crippen LogP contribution in [0.15, 0.2) is 0 Å². The Morgan fingerprint density at radius 1 is 1.41 bits per heavy atom. The summed E-state index contributed by atoms with van der Waals surface area (Å²) in [5, 5.41) is 3.83. The van der Waals surface area contributed by atoms with Gasteiger partial charge in [0.1, 0.15) is 0 Å². The smallest absolute Gasteiger partial charge is 0.0784 e. The van der Waals surface area contributed by atoms with Crippen molar-refractivity contribution in [3.05, 3.63) is 0 Å². The zero-order valence-electron chi connectivity index (χ0n) is 11.6. The molecule has 1 fully saturated rings. The van der Waals surface area contributed by atoms with Crippen LogP contribution in [0.1, 0.15) is 46.5 Å². The van der Waals surface area contributed by atoms with Gasteiger partial charge in [-0.05, 0) is 33.2 Å². The molecule has 1 rings (SSSR count). The molecular weight excluding hydrogens is 234 g/mol. The molecular formula is C13H27NO2S. The molecule has 102 valence electrons. The van der Waals surface area contributed by atoms with E-state index in [1.54, 1.807) is 7.11 Å². The van der Waals surface area contributed by atoms with Gasteiger partial charge in [-0.1, -0.05) is 19.8 Å². The van der Waals surface area contributed by atoms with Crippen LogP contribution in [-0.2, 0) is 15.5 Å². The first kappa shape index (κ1) is 15.1. The molecule has 0 aromatic carbocycles. The Hall–Kier alpha value is 0.0700.